The monoisotopic (exact) mass is 425 g/mol. The molecule has 33 heavy (non-hydrogen) atoms. The zero-order valence-electron chi connectivity index (χ0n) is 18.4. The second kappa shape index (κ2) is 7.72. The van der Waals surface area contributed by atoms with Crippen LogP contribution in [0.1, 0.15) is 22.4 Å². The van der Waals surface area contributed by atoms with E-state index in [1.165, 1.54) is 16.7 Å². The van der Waals surface area contributed by atoms with Gasteiger partial charge in [0, 0.05) is 28.9 Å². The molecule has 3 heterocycles. The molecular weight excluding hydrogens is 402 g/mol. The first-order valence-corrected chi connectivity index (χ1v) is 11.2. The maximum atomic E-state index is 5.09. The van der Waals surface area contributed by atoms with Crippen LogP contribution in [0.3, 0.4) is 0 Å². The third-order valence-corrected chi connectivity index (χ3v) is 6.47. The van der Waals surface area contributed by atoms with E-state index in [1.807, 2.05) is 12.4 Å². The van der Waals surface area contributed by atoms with E-state index >= 15 is 0 Å². The number of aryl methyl sites for hydroxylation is 1. The third-order valence-electron chi connectivity index (χ3n) is 6.47. The van der Waals surface area contributed by atoms with Gasteiger partial charge in [-0.3, -0.25) is 4.98 Å². The van der Waals surface area contributed by atoms with E-state index in [4.69, 9.17) is 4.98 Å². The van der Waals surface area contributed by atoms with Crippen molar-refractivity contribution in [3.63, 3.8) is 0 Å². The first-order chi connectivity index (χ1) is 16.3. The first kappa shape index (κ1) is 19.4. The molecular formula is C30H23N3. The lowest BCUT2D eigenvalue weighted by Gasteiger charge is -2.38. The highest BCUT2D eigenvalue weighted by molar-refractivity contribution is 6.07. The van der Waals surface area contributed by atoms with Crippen molar-refractivity contribution in [2.24, 2.45) is 0 Å². The highest BCUT2D eigenvalue weighted by atomic mass is 15.1. The molecule has 3 nitrogen and oxygen atoms in total. The molecule has 0 saturated carbocycles. The summed E-state index contributed by atoms with van der Waals surface area (Å²) in [7, 11) is 0. The van der Waals surface area contributed by atoms with Crippen molar-refractivity contribution < 1.29 is 0 Å². The maximum Gasteiger partial charge on any atom is 0.142 e. The van der Waals surface area contributed by atoms with E-state index in [1.54, 1.807) is 0 Å². The second-order valence-corrected chi connectivity index (χ2v) is 8.36. The lowest BCUT2D eigenvalue weighted by molar-refractivity contribution is 0.545. The molecule has 0 atom stereocenters. The number of fused-ring (bicyclic) bond motifs is 3. The van der Waals surface area contributed by atoms with Gasteiger partial charge in [0.1, 0.15) is 11.2 Å². The zero-order chi connectivity index (χ0) is 22.3. The van der Waals surface area contributed by atoms with Crippen molar-refractivity contribution in [1.82, 2.24) is 14.5 Å². The topological polar surface area (TPSA) is 30.7 Å². The highest BCUT2D eigenvalue weighted by Crippen LogP contribution is 2.45. The van der Waals surface area contributed by atoms with Crippen LogP contribution in [0, 0.1) is 6.92 Å². The molecule has 0 aliphatic carbocycles. The Balaban J connectivity index is 1.90. The molecule has 0 radical (unpaired) electrons. The number of benzene rings is 3. The third kappa shape index (κ3) is 2.90. The predicted molar refractivity (Wildman–Crippen MR) is 134 cm³/mol. The van der Waals surface area contributed by atoms with Gasteiger partial charge in [0.2, 0.25) is 0 Å². The molecule has 0 fully saturated rings. The summed E-state index contributed by atoms with van der Waals surface area (Å²) in [6.07, 6.45) is 3.83. The van der Waals surface area contributed by atoms with Crippen LogP contribution in [0.4, 0.5) is 0 Å². The van der Waals surface area contributed by atoms with Crippen molar-refractivity contribution in [2.45, 2.75) is 12.5 Å². The van der Waals surface area contributed by atoms with Gasteiger partial charge in [-0.1, -0.05) is 91.0 Å². The van der Waals surface area contributed by atoms with Crippen LogP contribution in [-0.2, 0) is 5.54 Å². The summed E-state index contributed by atoms with van der Waals surface area (Å²) in [5.74, 6) is 0. The molecule has 0 aliphatic heterocycles. The van der Waals surface area contributed by atoms with Gasteiger partial charge in [-0.25, -0.2) is 4.98 Å². The van der Waals surface area contributed by atoms with Crippen LogP contribution >= 0.6 is 0 Å². The number of hydrogen-bond acceptors (Lipinski definition) is 2. The molecule has 3 aromatic carbocycles. The highest BCUT2D eigenvalue weighted by Gasteiger charge is 2.40. The van der Waals surface area contributed by atoms with Crippen molar-refractivity contribution in [3.8, 4) is 0 Å². The minimum atomic E-state index is -0.619. The zero-order valence-corrected chi connectivity index (χ0v) is 18.4. The minimum absolute atomic E-state index is 0.619. The summed E-state index contributed by atoms with van der Waals surface area (Å²) < 4.78 is 2.41. The molecule has 3 aromatic heterocycles. The summed E-state index contributed by atoms with van der Waals surface area (Å²) in [5.41, 5.74) is 5.97. The van der Waals surface area contributed by atoms with Gasteiger partial charge in [-0.15, -0.1) is 0 Å². The van der Waals surface area contributed by atoms with E-state index in [-0.39, 0.29) is 0 Å². The van der Waals surface area contributed by atoms with Crippen LogP contribution in [0.5, 0.6) is 0 Å². The maximum absolute atomic E-state index is 5.09. The second-order valence-electron chi connectivity index (χ2n) is 8.36. The Hall–Kier alpha value is -4.24. The summed E-state index contributed by atoms with van der Waals surface area (Å²) in [5, 5.41) is 2.21. The Bertz CT molecular complexity index is 1460. The van der Waals surface area contributed by atoms with Gasteiger partial charge in [0.15, 0.2) is 0 Å². The average molecular weight is 426 g/mol. The van der Waals surface area contributed by atoms with Gasteiger partial charge in [-0.05, 0) is 41.8 Å². The average Bonchev–Trinajstić information content (AvgIpc) is 3.20. The number of nitrogens with zero attached hydrogens (tertiary/aromatic N) is 3. The Kier molecular flexibility index (Phi) is 4.55. The van der Waals surface area contributed by atoms with Crippen LogP contribution < -0.4 is 0 Å². The number of pyridine rings is 2. The summed E-state index contributed by atoms with van der Waals surface area (Å²) >= 11 is 0. The van der Waals surface area contributed by atoms with Gasteiger partial charge >= 0.3 is 0 Å². The smallest absolute Gasteiger partial charge is 0.142 e. The predicted octanol–water partition coefficient (Wildman–Crippen LogP) is 6.73. The molecule has 0 N–H and O–H groups in total. The molecule has 0 unspecified atom stereocenters. The van der Waals surface area contributed by atoms with E-state index < -0.39 is 5.54 Å². The largest absolute Gasteiger partial charge is 0.307 e. The van der Waals surface area contributed by atoms with Crippen LogP contribution in [-0.4, -0.2) is 14.5 Å². The van der Waals surface area contributed by atoms with Gasteiger partial charge < -0.3 is 4.57 Å². The fourth-order valence-corrected chi connectivity index (χ4v) is 5.09. The summed E-state index contributed by atoms with van der Waals surface area (Å²) in [6.45, 7) is 2.05. The minimum Gasteiger partial charge on any atom is -0.307 e. The fourth-order valence-electron chi connectivity index (χ4n) is 5.09. The molecule has 0 spiro atoms. The molecule has 6 rings (SSSR count). The van der Waals surface area contributed by atoms with Crippen molar-refractivity contribution >= 4 is 21.9 Å². The normalized spacial score (nSPS) is 11.8. The van der Waals surface area contributed by atoms with E-state index in [2.05, 4.69) is 126 Å². The van der Waals surface area contributed by atoms with Crippen LogP contribution in [0.15, 0.2) is 122 Å². The SMILES string of the molecule is Cc1ccc2c3cnccc3n(C(c3ccccc3)(c3ccccc3)c3ccccc3)c2n1. The van der Waals surface area contributed by atoms with Crippen molar-refractivity contribution in [2.75, 3.05) is 0 Å². The lowest BCUT2D eigenvalue weighted by atomic mass is 9.76. The van der Waals surface area contributed by atoms with Gasteiger partial charge in [-0.2, -0.15) is 0 Å². The molecule has 0 bridgehead atoms. The van der Waals surface area contributed by atoms with Gasteiger partial charge in [0.25, 0.3) is 0 Å². The van der Waals surface area contributed by atoms with Crippen LogP contribution in [0.25, 0.3) is 21.9 Å². The van der Waals surface area contributed by atoms with Crippen LogP contribution in [0.2, 0.25) is 0 Å². The molecule has 0 amide bonds. The number of hydrogen-bond donors (Lipinski definition) is 0. The summed E-state index contributed by atoms with van der Waals surface area (Å²) in [6, 6.07) is 38.6. The Labute approximate surface area is 193 Å². The summed E-state index contributed by atoms with van der Waals surface area (Å²) in [4.78, 5) is 9.55. The Morgan fingerprint density at radius 2 is 1.15 bits per heavy atom. The molecule has 3 heteroatoms. The van der Waals surface area contributed by atoms with Crippen molar-refractivity contribution in [3.05, 3.63) is 144 Å². The van der Waals surface area contributed by atoms with Crippen molar-refractivity contribution in [1.29, 1.82) is 0 Å². The molecule has 158 valence electrons. The van der Waals surface area contributed by atoms with E-state index in [9.17, 15) is 0 Å². The number of aromatic nitrogens is 3. The number of rotatable bonds is 4. The molecule has 6 aromatic rings. The first-order valence-electron chi connectivity index (χ1n) is 11.2. The molecule has 0 saturated heterocycles. The van der Waals surface area contributed by atoms with E-state index in [0.717, 1.165) is 27.6 Å². The lowest BCUT2D eigenvalue weighted by Crippen LogP contribution is -2.37. The standard InChI is InChI=1S/C30H23N3/c1-22-17-18-26-27-21-31-20-19-28(27)33(29(26)32-22)30(23-11-5-2-6-12-23,24-13-7-3-8-14-24)25-15-9-4-10-16-25/h2-21H,1H3. The Morgan fingerprint density at radius 3 is 1.70 bits per heavy atom. The molecule has 0 aliphatic rings. The van der Waals surface area contributed by atoms with Gasteiger partial charge in [0.05, 0.1) is 5.52 Å². The fraction of sp³-hybridized carbons (Fsp3) is 0.0667. The Morgan fingerprint density at radius 1 is 0.606 bits per heavy atom. The van der Waals surface area contributed by atoms with E-state index in [0.29, 0.717) is 0 Å². The quantitative estimate of drug-likeness (QED) is 0.293.